The average Bonchev–Trinajstić information content (AvgIpc) is 3.18. The molecular weight excluding hydrogens is 400 g/mol. The molecule has 1 N–H and O–H groups in total. The van der Waals surface area contributed by atoms with E-state index in [1.165, 1.54) is 4.90 Å². The van der Waals surface area contributed by atoms with Gasteiger partial charge in [-0.3, -0.25) is 14.0 Å². The first-order valence-electron chi connectivity index (χ1n) is 9.28. The standard InChI is InChI=1S/C23H19ClN4O2/c1-27(2)23(30)16-7-5-6-15(10-16)21-12-25-22-20(26-14-29)11-17(13-28(21)22)18-8-3-4-9-19(18)24/h3-14H,1-2H3,(H,26,29). The number of nitrogens with zero attached hydrogens (tertiary/aromatic N) is 3. The Kier molecular flexibility index (Phi) is 5.25. The number of pyridine rings is 1. The van der Waals surface area contributed by atoms with Crippen molar-refractivity contribution in [3.63, 3.8) is 0 Å². The quantitative estimate of drug-likeness (QED) is 0.482. The Morgan fingerprint density at radius 2 is 1.90 bits per heavy atom. The molecule has 0 saturated carbocycles. The number of halogens is 1. The molecule has 7 heteroatoms. The Balaban J connectivity index is 1.93. The number of fused-ring (bicyclic) bond motifs is 1. The van der Waals surface area contributed by atoms with Gasteiger partial charge in [0, 0.05) is 47.6 Å². The number of hydrogen-bond acceptors (Lipinski definition) is 3. The van der Waals surface area contributed by atoms with Crippen LogP contribution in [0.4, 0.5) is 5.69 Å². The lowest BCUT2D eigenvalue weighted by Crippen LogP contribution is -2.21. The minimum atomic E-state index is -0.0780. The van der Waals surface area contributed by atoms with E-state index in [-0.39, 0.29) is 5.91 Å². The number of carbonyl (C=O) groups excluding carboxylic acids is 2. The molecule has 0 saturated heterocycles. The summed E-state index contributed by atoms with van der Waals surface area (Å²) in [6.45, 7) is 0. The molecule has 30 heavy (non-hydrogen) atoms. The minimum Gasteiger partial charge on any atom is -0.345 e. The third-order valence-electron chi connectivity index (χ3n) is 4.82. The number of nitrogens with one attached hydrogen (secondary N) is 1. The summed E-state index contributed by atoms with van der Waals surface area (Å²) in [5.74, 6) is -0.0780. The van der Waals surface area contributed by atoms with E-state index in [0.29, 0.717) is 28.3 Å². The summed E-state index contributed by atoms with van der Waals surface area (Å²) in [6, 6.07) is 16.7. The number of hydrogen-bond donors (Lipinski definition) is 1. The highest BCUT2D eigenvalue weighted by molar-refractivity contribution is 6.33. The third kappa shape index (κ3) is 3.53. The van der Waals surface area contributed by atoms with Crippen LogP contribution in [0.5, 0.6) is 0 Å². The van der Waals surface area contributed by atoms with Gasteiger partial charge in [0.2, 0.25) is 6.41 Å². The predicted octanol–water partition coefficient (Wildman–Crippen LogP) is 4.59. The summed E-state index contributed by atoms with van der Waals surface area (Å²) in [4.78, 5) is 29.6. The molecule has 2 aromatic carbocycles. The third-order valence-corrected chi connectivity index (χ3v) is 5.15. The van der Waals surface area contributed by atoms with Gasteiger partial charge >= 0.3 is 0 Å². The molecule has 6 nitrogen and oxygen atoms in total. The van der Waals surface area contributed by atoms with Crippen LogP contribution >= 0.6 is 11.6 Å². The highest BCUT2D eigenvalue weighted by Crippen LogP contribution is 2.33. The molecular formula is C23H19ClN4O2. The summed E-state index contributed by atoms with van der Waals surface area (Å²) < 4.78 is 1.89. The zero-order valence-corrected chi connectivity index (χ0v) is 17.2. The normalized spacial score (nSPS) is 10.8. The first kappa shape index (κ1) is 19.7. The van der Waals surface area contributed by atoms with E-state index in [0.717, 1.165) is 22.4 Å². The van der Waals surface area contributed by atoms with Gasteiger partial charge in [0.15, 0.2) is 5.65 Å². The van der Waals surface area contributed by atoms with E-state index in [1.807, 2.05) is 59.1 Å². The van der Waals surface area contributed by atoms with Gasteiger partial charge in [0.05, 0.1) is 17.6 Å². The molecule has 0 bridgehead atoms. The van der Waals surface area contributed by atoms with Crippen LogP contribution in [0.15, 0.2) is 67.0 Å². The minimum absolute atomic E-state index is 0.0780. The fourth-order valence-corrected chi connectivity index (χ4v) is 3.63. The molecule has 0 spiro atoms. The number of benzene rings is 2. The molecule has 0 aliphatic heterocycles. The van der Waals surface area contributed by atoms with Crippen molar-refractivity contribution in [1.29, 1.82) is 0 Å². The molecule has 0 fully saturated rings. The van der Waals surface area contributed by atoms with Crippen LogP contribution in [-0.2, 0) is 4.79 Å². The van der Waals surface area contributed by atoms with E-state index in [1.54, 1.807) is 26.4 Å². The molecule has 0 atom stereocenters. The maximum atomic E-state index is 12.4. The molecule has 2 amide bonds. The van der Waals surface area contributed by atoms with Crippen molar-refractivity contribution in [1.82, 2.24) is 14.3 Å². The van der Waals surface area contributed by atoms with Gasteiger partial charge in [-0.15, -0.1) is 0 Å². The van der Waals surface area contributed by atoms with E-state index in [4.69, 9.17) is 11.6 Å². The Labute approximate surface area is 178 Å². The second-order valence-electron chi connectivity index (χ2n) is 7.00. The Morgan fingerprint density at radius 1 is 1.10 bits per heavy atom. The number of amides is 2. The Morgan fingerprint density at radius 3 is 2.63 bits per heavy atom. The highest BCUT2D eigenvalue weighted by Gasteiger charge is 2.15. The maximum absolute atomic E-state index is 12.4. The van der Waals surface area contributed by atoms with Crippen LogP contribution < -0.4 is 5.32 Å². The summed E-state index contributed by atoms with van der Waals surface area (Å²) in [6.07, 6.45) is 4.27. The summed E-state index contributed by atoms with van der Waals surface area (Å²) in [7, 11) is 3.44. The lowest BCUT2D eigenvalue weighted by atomic mass is 10.1. The number of rotatable bonds is 5. The topological polar surface area (TPSA) is 66.7 Å². The molecule has 4 aromatic rings. The van der Waals surface area contributed by atoms with Gasteiger partial charge < -0.3 is 10.2 Å². The smallest absolute Gasteiger partial charge is 0.253 e. The van der Waals surface area contributed by atoms with Crippen molar-refractivity contribution in [2.75, 3.05) is 19.4 Å². The van der Waals surface area contributed by atoms with Gasteiger partial charge in [-0.2, -0.15) is 0 Å². The Hall–Kier alpha value is -3.64. The fourth-order valence-electron chi connectivity index (χ4n) is 3.38. The number of carbonyl (C=O) groups is 2. The molecule has 4 rings (SSSR count). The maximum Gasteiger partial charge on any atom is 0.253 e. The van der Waals surface area contributed by atoms with Crippen molar-refractivity contribution in [3.05, 3.63) is 77.6 Å². The highest BCUT2D eigenvalue weighted by atomic mass is 35.5. The van der Waals surface area contributed by atoms with E-state index in [9.17, 15) is 9.59 Å². The molecule has 150 valence electrons. The monoisotopic (exact) mass is 418 g/mol. The zero-order chi connectivity index (χ0) is 21.3. The van der Waals surface area contributed by atoms with Crippen LogP contribution in [0.1, 0.15) is 10.4 Å². The van der Waals surface area contributed by atoms with E-state index >= 15 is 0 Å². The van der Waals surface area contributed by atoms with Gasteiger partial charge in [-0.05, 0) is 24.3 Å². The van der Waals surface area contributed by atoms with Crippen LogP contribution in [0.3, 0.4) is 0 Å². The lowest BCUT2D eigenvalue weighted by molar-refractivity contribution is -0.105. The predicted molar refractivity (Wildman–Crippen MR) is 119 cm³/mol. The number of aromatic nitrogens is 2. The molecule has 0 aliphatic carbocycles. The molecule has 2 aromatic heterocycles. The fraction of sp³-hybridized carbons (Fsp3) is 0.0870. The van der Waals surface area contributed by atoms with Crippen molar-refractivity contribution in [3.8, 4) is 22.4 Å². The average molecular weight is 419 g/mol. The molecule has 0 unspecified atom stereocenters. The first-order chi connectivity index (χ1) is 14.5. The van der Waals surface area contributed by atoms with Crippen molar-refractivity contribution in [2.24, 2.45) is 0 Å². The first-order valence-corrected chi connectivity index (χ1v) is 9.65. The second-order valence-corrected chi connectivity index (χ2v) is 7.41. The van der Waals surface area contributed by atoms with Crippen molar-refractivity contribution >= 4 is 35.3 Å². The van der Waals surface area contributed by atoms with Gasteiger partial charge in [-0.1, -0.05) is 41.9 Å². The summed E-state index contributed by atoms with van der Waals surface area (Å²) in [5, 5.41) is 3.33. The summed E-state index contributed by atoms with van der Waals surface area (Å²) >= 11 is 6.40. The van der Waals surface area contributed by atoms with Crippen molar-refractivity contribution in [2.45, 2.75) is 0 Å². The van der Waals surface area contributed by atoms with Crippen LogP contribution in [0.2, 0.25) is 5.02 Å². The van der Waals surface area contributed by atoms with E-state index < -0.39 is 0 Å². The van der Waals surface area contributed by atoms with Crippen molar-refractivity contribution < 1.29 is 9.59 Å². The lowest BCUT2D eigenvalue weighted by Gasteiger charge is -2.12. The van der Waals surface area contributed by atoms with Gasteiger partial charge in [-0.25, -0.2) is 4.98 Å². The van der Waals surface area contributed by atoms with E-state index in [2.05, 4.69) is 10.3 Å². The molecule has 2 heterocycles. The van der Waals surface area contributed by atoms with Crippen LogP contribution in [0.25, 0.3) is 28.0 Å². The SMILES string of the molecule is CN(C)C(=O)c1cccc(-c2cnc3c(NC=O)cc(-c4ccccc4Cl)cn23)c1. The largest absolute Gasteiger partial charge is 0.345 e. The summed E-state index contributed by atoms with van der Waals surface area (Å²) in [5.41, 5.74) is 5.04. The van der Waals surface area contributed by atoms with Gasteiger partial charge in [0.25, 0.3) is 5.91 Å². The zero-order valence-electron chi connectivity index (χ0n) is 16.5. The van der Waals surface area contributed by atoms with Crippen LogP contribution in [0, 0.1) is 0 Å². The Bertz CT molecular complexity index is 1260. The number of anilines is 1. The molecule has 0 radical (unpaired) electrons. The van der Waals surface area contributed by atoms with Crippen LogP contribution in [-0.4, -0.2) is 40.7 Å². The number of imidazole rings is 1. The van der Waals surface area contributed by atoms with Gasteiger partial charge in [0.1, 0.15) is 0 Å². The second kappa shape index (κ2) is 8.00. The molecule has 0 aliphatic rings.